The maximum absolute atomic E-state index is 8.76. The average Bonchev–Trinajstić information content (AvgIpc) is 2.42. The van der Waals surface area contributed by atoms with Gasteiger partial charge in [0.15, 0.2) is 0 Å². The minimum atomic E-state index is 0.534. The summed E-state index contributed by atoms with van der Waals surface area (Å²) in [6.45, 7) is 2.25. The van der Waals surface area contributed by atoms with Crippen LogP contribution in [0.3, 0.4) is 0 Å². The number of aromatic nitrogens is 1. The van der Waals surface area contributed by atoms with Crippen molar-refractivity contribution in [2.45, 2.75) is 64.7 Å². The van der Waals surface area contributed by atoms with Crippen LogP contribution in [0.4, 0.5) is 0 Å². The third kappa shape index (κ3) is 6.39. The van der Waals surface area contributed by atoms with Gasteiger partial charge in [0.2, 0.25) is 0 Å². The highest BCUT2D eigenvalue weighted by molar-refractivity contribution is 5.25. The Morgan fingerprint density at radius 1 is 1.06 bits per heavy atom. The lowest BCUT2D eigenvalue weighted by molar-refractivity contribution is 0.575. The van der Waals surface area contributed by atoms with Crippen molar-refractivity contribution in [1.82, 2.24) is 4.98 Å². The molecule has 0 saturated carbocycles. The molecule has 0 unspecified atom stereocenters. The van der Waals surface area contributed by atoms with Crippen LogP contribution in [0.25, 0.3) is 0 Å². The average molecular weight is 244 g/mol. The third-order valence-corrected chi connectivity index (χ3v) is 3.26. The molecule has 1 aromatic rings. The van der Waals surface area contributed by atoms with E-state index in [1.807, 2.05) is 12.1 Å². The van der Waals surface area contributed by atoms with Gasteiger partial charge >= 0.3 is 0 Å². The van der Waals surface area contributed by atoms with Crippen LogP contribution in [0, 0.1) is 11.3 Å². The van der Waals surface area contributed by atoms with Crippen molar-refractivity contribution in [3.05, 3.63) is 29.6 Å². The first-order valence-electron chi connectivity index (χ1n) is 7.22. The van der Waals surface area contributed by atoms with Gasteiger partial charge in [0.05, 0.1) is 0 Å². The van der Waals surface area contributed by atoms with Crippen molar-refractivity contribution in [2.24, 2.45) is 0 Å². The molecule has 0 fully saturated rings. The zero-order valence-corrected chi connectivity index (χ0v) is 11.5. The van der Waals surface area contributed by atoms with E-state index in [0.717, 1.165) is 6.42 Å². The monoisotopic (exact) mass is 244 g/mol. The molecule has 1 rings (SSSR count). The molecule has 0 spiro atoms. The number of unbranched alkanes of at least 4 members (excludes halogenated alkanes) is 7. The molecule has 0 N–H and O–H groups in total. The Morgan fingerprint density at radius 3 is 2.39 bits per heavy atom. The standard InChI is InChI=1S/C16H24N2/c1-2-3-4-5-6-7-8-9-10-15-11-12-18-16(13-15)14-17/h11-13H,2-10H2,1H3. The first-order chi connectivity index (χ1) is 8.86. The van der Waals surface area contributed by atoms with Gasteiger partial charge in [-0.1, -0.05) is 51.9 Å². The second-order valence-corrected chi connectivity index (χ2v) is 4.89. The van der Waals surface area contributed by atoms with Gasteiger partial charge in [-0.3, -0.25) is 0 Å². The molecule has 1 aromatic heterocycles. The Kier molecular flexibility index (Phi) is 7.88. The maximum atomic E-state index is 8.76. The molecule has 18 heavy (non-hydrogen) atoms. The summed E-state index contributed by atoms with van der Waals surface area (Å²) in [4.78, 5) is 3.98. The normalized spacial score (nSPS) is 10.2. The Bertz CT molecular complexity index is 366. The molecule has 0 radical (unpaired) electrons. The van der Waals surface area contributed by atoms with E-state index in [0.29, 0.717) is 5.69 Å². The van der Waals surface area contributed by atoms with Crippen LogP contribution in [0.15, 0.2) is 18.3 Å². The van der Waals surface area contributed by atoms with Crippen LogP contribution in [0.1, 0.15) is 69.5 Å². The predicted octanol–water partition coefficient (Wildman–Crippen LogP) is 4.64. The number of hydrogen-bond acceptors (Lipinski definition) is 2. The van der Waals surface area contributed by atoms with Crippen molar-refractivity contribution in [3.8, 4) is 6.07 Å². The molecule has 0 saturated heterocycles. The molecular weight excluding hydrogens is 220 g/mol. The number of nitrogens with zero attached hydrogens (tertiary/aromatic N) is 2. The van der Waals surface area contributed by atoms with Gasteiger partial charge in [-0.2, -0.15) is 5.26 Å². The molecule has 2 heteroatoms. The van der Waals surface area contributed by atoms with Crippen LogP contribution in [0.2, 0.25) is 0 Å². The zero-order valence-electron chi connectivity index (χ0n) is 11.5. The maximum Gasteiger partial charge on any atom is 0.140 e. The lowest BCUT2D eigenvalue weighted by Crippen LogP contribution is -1.89. The van der Waals surface area contributed by atoms with Gasteiger partial charge < -0.3 is 0 Å². The smallest absolute Gasteiger partial charge is 0.140 e. The van der Waals surface area contributed by atoms with Crippen LogP contribution in [0.5, 0.6) is 0 Å². The van der Waals surface area contributed by atoms with E-state index in [1.165, 1.54) is 56.9 Å². The van der Waals surface area contributed by atoms with Gasteiger partial charge in [-0.25, -0.2) is 4.98 Å². The highest BCUT2D eigenvalue weighted by atomic mass is 14.7. The number of rotatable bonds is 9. The summed E-state index contributed by atoms with van der Waals surface area (Å²) in [5, 5.41) is 8.76. The summed E-state index contributed by atoms with van der Waals surface area (Å²) in [7, 11) is 0. The Hall–Kier alpha value is -1.36. The number of pyridine rings is 1. The Labute approximate surface area is 111 Å². The summed E-state index contributed by atoms with van der Waals surface area (Å²) in [5.41, 5.74) is 1.78. The molecule has 98 valence electrons. The lowest BCUT2D eigenvalue weighted by Gasteiger charge is -2.02. The van der Waals surface area contributed by atoms with E-state index in [9.17, 15) is 0 Å². The van der Waals surface area contributed by atoms with E-state index in [1.54, 1.807) is 6.20 Å². The first kappa shape index (κ1) is 14.7. The van der Waals surface area contributed by atoms with Gasteiger partial charge in [0.1, 0.15) is 11.8 Å². The van der Waals surface area contributed by atoms with Crippen LogP contribution in [-0.2, 0) is 6.42 Å². The topological polar surface area (TPSA) is 36.7 Å². The van der Waals surface area contributed by atoms with Crippen molar-refractivity contribution in [1.29, 1.82) is 5.26 Å². The summed E-state index contributed by atoms with van der Waals surface area (Å²) in [6, 6.07) is 6.01. The SMILES string of the molecule is CCCCCCCCCCc1ccnc(C#N)c1. The number of hydrogen-bond donors (Lipinski definition) is 0. The third-order valence-electron chi connectivity index (χ3n) is 3.26. The van der Waals surface area contributed by atoms with Crippen molar-refractivity contribution < 1.29 is 0 Å². The second kappa shape index (κ2) is 9.65. The first-order valence-corrected chi connectivity index (χ1v) is 7.22. The molecule has 0 aliphatic rings. The van der Waals surface area contributed by atoms with Crippen molar-refractivity contribution >= 4 is 0 Å². The van der Waals surface area contributed by atoms with Gasteiger partial charge in [0.25, 0.3) is 0 Å². The Morgan fingerprint density at radius 2 is 1.72 bits per heavy atom. The fourth-order valence-electron chi connectivity index (χ4n) is 2.15. The predicted molar refractivity (Wildman–Crippen MR) is 75.3 cm³/mol. The summed E-state index contributed by atoms with van der Waals surface area (Å²) >= 11 is 0. The summed E-state index contributed by atoms with van der Waals surface area (Å²) in [6.07, 6.45) is 13.6. The molecule has 1 heterocycles. The molecule has 0 bridgehead atoms. The molecule has 0 aliphatic heterocycles. The molecule has 0 aliphatic carbocycles. The fourth-order valence-corrected chi connectivity index (χ4v) is 2.15. The van der Waals surface area contributed by atoms with Crippen molar-refractivity contribution in [2.75, 3.05) is 0 Å². The highest BCUT2D eigenvalue weighted by Gasteiger charge is 1.97. The van der Waals surface area contributed by atoms with Gasteiger partial charge in [0, 0.05) is 6.20 Å². The van der Waals surface area contributed by atoms with Crippen molar-refractivity contribution in [3.63, 3.8) is 0 Å². The lowest BCUT2D eigenvalue weighted by atomic mass is 10.0. The summed E-state index contributed by atoms with van der Waals surface area (Å²) in [5.74, 6) is 0. The minimum Gasteiger partial charge on any atom is -0.246 e. The van der Waals surface area contributed by atoms with Crippen LogP contribution < -0.4 is 0 Å². The molecule has 0 atom stereocenters. The molecular formula is C16H24N2. The van der Waals surface area contributed by atoms with Crippen LogP contribution >= 0.6 is 0 Å². The van der Waals surface area contributed by atoms with Crippen LogP contribution in [-0.4, -0.2) is 4.98 Å². The van der Waals surface area contributed by atoms with E-state index < -0.39 is 0 Å². The van der Waals surface area contributed by atoms with E-state index in [-0.39, 0.29) is 0 Å². The van der Waals surface area contributed by atoms with E-state index in [4.69, 9.17) is 5.26 Å². The van der Waals surface area contributed by atoms with Gasteiger partial charge in [-0.05, 0) is 30.5 Å². The molecule has 0 amide bonds. The number of aryl methyl sites for hydroxylation is 1. The Balaban J connectivity index is 2.05. The van der Waals surface area contributed by atoms with E-state index in [2.05, 4.69) is 18.0 Å². The fraction of sp³-hybridized carbons (Fsp3) is 0.625. The summed E-state index contributed by atoms with van der Waals surface area (Å²) < 4.78 is 0. The quantitative estimate of drug-likeness (QED) is 0.593. The second-order valence-electron chi connectivity index (χ2n) is 4.89. The molecule has 2 nitrogen and oxygen atoms in total. The number of nitriles is 1. The van der Waals surface area contributed by atoms with E-state index >= 15 is 0 Å². The largest absolute Gasteiger partial charge is 0.246 e. The molecule has 0 aromatic carbocycles. The minimum absolute atomic E-state index is 0.534. The highest BCUT2D eigenvalue weighted by Crippen LogP contribution is 2.11. The van der Waals surface area contributed by atoms with Gasteiger partial charge in [-0.15, -0.1) is 0 Å². The zero-order chi connectivity index (χ0) is 13.1.